The summed E-state index contributed by atoms with van der Waals surface area (Å²) in [4.78, 5) is 51.8. The van der Waals surface area contributed by atoms with Crippen LogP contribution in [-0.4, -0.2) is 42.6 Å². The second kappa shape index (κ2) is 9.44. The zero-order chi connectivity index (χ0) is 24.6. The van der Waals surface area contributed by atoms with Crippen molar-refractivity contribution in [3.05, 3.63) is 44.6 Å². The summed E-state index contributed by atoms with van der Waals surface area (Å²) in [7, 11) is 0. The number of nitrogens with zero attached hydrogens (tertiary/aromatic N) is 4. The van der Waals surface area contributed by atoms with Gasteiger partial charge in [-0.25, -0.2) is 13.9 Å². The third kappa shape index (κ3) is 4.49. The van der Waals surface area contributed by atoms with Gasteiger partial charge in [-0.15, -0.1) is 5.10 Å². The summed E-state index contributed by atoms with van der Waals surface area (Å²) in [5.41, 5.74) is -0.175. The summed E-state index contributed by atoms with van der Waals surface area (Å²) in [5, 5.41) is 10.5. The second-order valence-corrected chi connectivity index (χ2v) is 9.61. The number of carbonyl (C=O) groups excluding carboxylic acids is 2. The fourth-order valence-corrected chi connectivity index (χ4v) is 4.61. The summed E-state index contributed by atoms with van der Waals surface area (Å²) in [6.07, 6.45) is 5.28. The van der Waals surface area contributed by atoms with E-state index in [9.17, 15) is 19.2 Å². The maximum Gasteiger partial charge on any atom is 0.352 e. The Bertz CT molecular complexity index is 1360. The SMILES string of the molecule is CC(C)NC(=O)Cn1nc2n(C(C)C)c(=O)c3ccc(C(=O)NC4CCCCC4)cc3n2c1=O. The van der Waals surface area contributed by atoms with Crippen molar-refractivity contribution in [1.29, 1.82) is 0 Å². The third-order valence-electron chi connectivity index (χ3n) is 6.19. The molecule has 4 rings (SSSR count). The normalized spacial score (nSPS) is 14.9. The van der Waals surface area contributed by atoms with Gasteiger partial charge in [0, 0.05) is 23.7 Å². The number of carbonyl (C=O) groups is 2. The molecule has 0 aliphatic heterocycles. The summed E-state index contributed by atoms with van der Waals surface area (Å²) in [6.45, 7) is 7.04. The quantitative estimate of drug-likeness (QED) is 0.573. The van der Waals surface area contributed by atoms with Crippen LogP contribution in [0.15, 0.2) is 27.8 Å². The molecule has 10 nitrogen and oxygen atoms in total. The van der Waals surface area contributed by atoms with E-state index in [0.717, 1.165) is 30.4 Å². The standard InChI is InChI=1S/C24H32N6O4/c1-14(2)25-20(31)13-28-24(34)30-19-12-16(21(32)26-17-8-6-5-7-9-17)10-11-18(19)22(33)29(15(3)4)23(30)27-28/h10-12,14-15,17H,5-9,13H2,1-4H3,(H,25,31)(H,26,32). The second-order valence-electron chi connectivity index (χ2n) is 9.61. The molecular weight excluding hydrogens is 436 g/mol. The average molecular weight is 469 g/mol. The Hall–Kier alpha value is -3.43. The van der Waals surface area contributed by atoms with Gasteiger partial charge in [-0.2, -0.15) is 0 Å². The molecule has 2 amide bonds. The minimum Gasteiger partial charge on any atom is -0.352 e. The van der Waals surface area contributed by atoms with Gasteiger partial charge in [-0.1, -0.05) is 19.3 Å². The highest BCUT2D eigenvalue weighted by molar-refractivity contribution is 5.98. The van der Waals surface area contributed by atoms with E-state index in [1.54, 1.807) is 18.2 Å². The fourth-order valence-electron chi connectivity index (χ4n) is 4.61. The van der Waals surface area contributed by atoms with E-state index in [-0.39, 0.29) is 47.8 Å². The van der Waals surface area contributed by atoms with Gasteiger partial charge in [-0.05, 0) is 58.7 Å². The van der Waals surface area contributed by atoms with Crippen molar-refractivity contribution >= 4 is 28.5 Å². The first-order chi connectivity index (χ1) is 16.2. The van der Waals surface area contributed by atoms with Gasteiger partial charge in [0.25, 0.3) is 11.5 Å². The van der Waals surface area contributed by atoms with Crippen molar-refractivity contribution in [3.8, 4) is 0 Å². The van der Waals surface area contributed by atoms with Crippen LogP contribution in [0.1, 0.15) is 76.2 Å². The molecule has 0 atom stereocenters. The minimum atomic E-state index is -0.543. The van der Waals surface area contributed by atoms with E-state index in [2.05, 4.69) is 15.7 Å². The highest BCUT2D eigenvalue weighted by Crippen LogP contribution is 2.19. The maximum absolute atomic E-state index is 13.3. The van der Waals surface area contributed by atoms with E-state index < -0.39 is 5.69 Å². The van der Waals surface area contributed by atoms with Crippen molar-refractivity contribution < 1.29 is 9.59 Å². The molecule has 0 bridgehead atoms. The Labute approximate surface area is 196 Å². The Balaban J connectivity index is 1.84. The molecule has 10 heteroatoms. The molecule has 1 aliphatic carbocycles. The van der Waals surface area contributed by atoms with Crippen LogP contribution in [0.5, 0.6) is 0 Å². The number of amides is 2. The van der Waals surface area contributed by atoms with Crippen molar-refractivity contribution in [2.75, 3.05) is 0 Å². The van der Waals surface area contributed by atoms with Crippen LogP contribution in [0.25, 0.3) is 16.7 Å². The lowest BCUT2D eigenvalue weighted by Crippen LogP contribution is -2.36. The number of hydrogen-bond donors (Lipinski definition) is 2. The van der Waals surface area contributed by atoms with E-state index in [0.29, 0.717) is 16.5 Å². The topological polar surface area (TPSA) is 120 Å². The highest BCUT2D eigenvalue weighted by atomic mass is 16.2. The lowest BCUT2D eigenvalue weighted by molar-refractivity contribution is -0.122. The molecular formula is C24H32N6O4. The van der Waals surface area contributed by atoms with Crippen molar-refractivity contribution in [1.82, 2.24) is 29.4 Å². The molecule has 0 spiro atoms. The number of nitrogens with one attached hydrogen (secondary N) is 2. The molecule has 0 saturated heterocycles. The number of aromatic nitrogens is 4. The summed E-state index contributed by atoms with van der Waals surface area (Å²) < 4.78 is 3.80. The Morgan fingerprint density at radius 3 is 2.44 bits per heavy atom. The van der Waals surface area contributed by atoms with Crippen molar-refractivity contribution in [3.63, 3.8) is 0 Å². The highest BCUT2D eigenvalue weighted by Gasteiger charge is 2.22. The maximum atomic E-state index is 13.3. The van der Waals surface area contributed by atoms with Crippen molar-refractivity contribution in [2.45, 2.75) is 84.5 Å². The average Bonchev–Trinajstić information content (AvgIpc) is 3.08. The van der Waals surface area contributed by atoms with Gasteiger partial charge in [0.05, 0.1) is 10.9 Å². The molecule has 0 unspecified atom stereocenters. The lowest BCUT2D eigenvalue weighted by atomic mass is 9.95. The summed E-state index contributed by atoms with van der Waals surface area (Å²) >= 11 is 0. The molecule has 0 radical (unpaired) electrons. The van der Waals surface area contributed by atoms with Gasteiger partial charge < -0.3 is 10.6 Å². The Kier molecular flexibility index (Phi) is 6.58. The number of benzene rings is 1. The summed E-state index contributed by atoms with van der Waals surface area (Å²) in [6, 6.07) is 4.54. The van der Waals surface area contributed by atoms with Gasteiger partial charge >= 0.3 is 5.69 Å². The first-order valence-electron chi connectivity index (χ1n) is 12.0. The molecule has 2 aromatic heterocycles. The minimum absolute atomic E-state index is 0.0832. The van der Waals surface area contributed by atoms with E-state index in [4.69, 9.17) is 0 Å². The predicted octanol–water partition coefficient (Wildman–Crippen LogP) is 1.98. The molecule has 1 saturated carbocycles. The van der Waals surface area contributed by atoms with Gasteiger partial charge in [0.15, 0.2) is 0 Å². The van der Waals surface area contributed by atoms with Gasteiger partial charge in [-0.3, -0.25) is 19.0 Å². The van der Waals surface area contributed by atoms with Crippen LogP contribution in [0.3, 0.4) is 0 Å². The molecule has 182 valence electrons. The first-order valence-corrected chi connectivity index (χ1v) is 12.0. The first kappa shape index (κ1) is 23.7. The zero-order valence-electron chi connectivity index (χ0n) is 20.1. The molecule has 1 aliphatic rings. The molecule has 1 aromatic carbocycles. The molecule has 2 N–H and O–H groups in total. The molecule has 2 heterocycles. The monoisotopic (exact) mass is 468 g/mol. The van der Waals surface area contributed by atoms with E-state index >= 15 is 0 Å². The van der Waals surface area contributed by atoms with E-state index in [1.165, 1.54) is 15.4 Å². The Morgan fingerprint density at radius 1 is 1.09 bits per heavy atom. The van der Waals surface area contributed by atoms with Gasteiger partial charge in [0.2, 0.25) is 11.7 Å². The largest absolute Gasteiger partial charge is 0.352 e. The van der Waals surface area contributed by atoms with Crippen LogP contribution in [0, 0.1) is 0 Å². The van der Waals surface area contributed by atoms with Crippen molar-refractivity contribution in [2.24, 2.45) is 0 Å². The molecule has 3 aromatic rings. The number of hydrogen-bond acceptors (Lipinski definition) is 5. The zero-order valence-corrected chi connectivity index (χ0v) is 20.1. The van der Waals surface area contributed by atoms with Crippen LogP contribution < -0.4 is 21.9 Å². The Morgan fingerprint density at radius 2 is 1.79 bits per heavy atom. The van der Waals surface area contributed by atoms with Crippen LogP contribution in [0.2, 0.25) is 0 Å². The van der Waals surface area contributed by atoms with Gasteiger partial charge in [0.1, 0.15) is 6.54 Å². The molecule has 1 fully saturated rings. The lowest BCUT2D eigenvalue weighted by Gasteiger charge is -2.22. The fraction of sp³-hybridized carbons (Fsp3) is 0.542. The van der Waals surface area contributed by atoms with Crippen LogP contribution in [-0.2, 0) is 11.3 Å². The summed E-state index contributed by atoms with van der Waals surface area (Å²) in [5.74, 6) is -0.442. The van der Waals surface area contributed by atoms with Crippen LogP contribution >= 0.6 is 0 Å². The number of fused-ring (bicyclic) bond motifs is 3. The molecule has 34 heavy (non-hydrogen) atoms. The van der Waals surface area contributed by atoms with E-state index in [1.807, 2.05) is 27.7 Å². The predicted molar refractivity (Wildman–Crippen MR) is 129 cm³/mol. The number of rotatable bonds is 6. The smallest absolute Gasteiger partial charge is 0.352 e. The third-order valence-corrected chi connectivity index (χ3v) is 6.19. The van der Waals surface area contributed by atoms with Crippen LogP contribution in [0.4, 0.5) is 0 Å².